The summed E-state index contributed by atoms with van der Waals surface area (Å²) in [6.07, 6.45) is 0.191. The zero-order valence-electron chi connectivity index (χ0n) is 13.8. The molecular formula is C20H17NO3S. The second-order valence-electron chi connectivity index (χ2n) is 6.28. The molecule has 25 heavy (non-hydrogen) atoms. The Balaban J connectivity index is 1.90. The molecule has 0 amide bonds. The highest BCUT2D eigenvalue weighted by Gasteiger charge is 2.32. The molecule has 4 nitrogen and oxygen atoms in total. The smallest absolute Gasteiger partial charge is 0.264 e. The van der Waals surface area contributed by atoms with E-state index in [1.807, 2.05) is 31.2 Å². The summed E-state index contributed by atoms with van der Waals surface area (Å²) in [6, 6.07) is 18.0. The van der Waals surface area contributed by atoms with Gasteiger partial charge in [-0.2, -0.15) is 0 Å². The molecule has 1 heterocycles. The lowest BCUT2D eigenvalue weighted by Crippen LogP contribution is -2.37. The average molecular weight is 351 g/mol. The lowest BCUT2D eigenvalue weighted by Gasteiger charge is -2.30. The summed E-state index contributed by atoms with van der Waals surface area (Å²) in [5.74, 6) is -0.0175. The number of hydrogen-bond acceptors (Lipinski definition) is 3. The third-order valence-corrected chi connectivity index (χ3v) is 6.41. The van der Waals surface area contributed by atoms with Gasteiger partial charge in [-0.25, -0.2) is 8.42 Å². The molecule has 1 aliphatic heterocycles. The van der Waals surface area contributed by atoms with E-state index in [4.69, 9.17) is 0 Å². The Kier molecular flexibility index (Phi) is 3.62. The van der Waals surface area contributed by atoms with Crippen LogP contribution in [0.3, 0.4) is 0 Å². The molecule has 0 unspecified atom stereocenters. The fourth-order valence-electron chi connectivity index (χ4n) is 3.20. The summed E-state index contributed by atoms with van der Waals surface area (Å²) in [5, 5.41) is 1.85. The zero-order chi connectivity index (χ0) is 17.6. The molecular weight excluding hydrogens is 334 g/mol. The SMILES string of the molecule is Cc1ccc(S(=O)(=O)N2CCC(=O)c3cc4ccccc4cc32)cc1. The molecule has 0 aromatic heterocycles. The van der Waals surface area contributed by atoms with Gasteiger partial charge in [-0.3, -0.25) is 9.10 Å². The molecule has 0 aliphatic carbocycles. The van der Waals surface area contributed by atoms with E-state index in [1.54, 1.807) is 36.4 Å². The van der Waals surface area contributed by atoms with E-state index in [0.29, 0.717) is 11.3 Å². The van der Waals surface area contributed by atoms with Crippen LogP contribution in [-0.4, -0.2) is 20.7 Å². The van der Waals surface area contributed by atoms with Gasteiger partial charge in [-0.05, 0) is 42.0 Å². The number of hydrogen-bond donors (Lipinski definition) is 0. The molecule has 3 aromatic rings. The number of aryl methyl sites for hydroxylation is 1. The van der Waals surface area contributed by atoms with Crippen LogP contribution in [-0.2, 0) is 10.0 Å². The van der Waals surface area contributed by atoms with Crippen LogP contribution in [0.1, 0.15) is 22.3 Å². The Morgan fingerprint density at radius 2 is 1.56 bits per heavy atom. The highest BCUT2D eigenvalue weighted by Crippen LogP contribution is 2.35. The standard InChI is InChI=1S/C20H17NO3S/c1-14-6-8-17(9-7-14)25(23,24)21-11-10-20(22)18-12-15-4-2-3-5-16(15)13-19(18)21/h2-9,12-13H,10-11H2,1H3. The molecule has 0 fully saturated rings. The van der Waals surface area contributed by atoms with Gasteiger partial charge in [0.25, 0.3) is 10.0 Å². The van der Waals surface area contributed by atoms with Crippen molar-refractivity contribution >= 4 is 32.3 Å². The number of nitrogens with zero attached hydrogens (tertiary/aromatic N) is 1. The molecule has 0 atom stereocenters. The molecule has 0 saturated heterocycles. The van der Waals surface area contributed by atoms with E-state index in [2.05, 4.69) is 0 Å². The van der Waals surface area contributed by atoms with Crippen molar-refractivity contribution in [3.05, 3.63) is 71.8 Å². The highest BCUT2D eigenvalue weighted by molar-refractivity contribution is 7.92. The van der Waals surface area contributed by atoms with Gasteiger partial charge in [0.15, 0.2) is 5.78 Å². The van der Waals surface area contributed by atoms with Gasteiger partial charge in [0.2, 0.25) is 0 Å². The summed E-state index contributed by atoms with van der Waals surface area (Å²) >= 11 is 0. The molecule has 0 spiro atoms. The third-order valence-electron chi connectivity index (χ3n) is 4.58. The quantitative estimate of drug-likeness (QED) is 0.703. The maximum atomic E-state index is 13.1. The second kappa shape index (κ2) is 5.70. The summed E-state index contributed by atoms with van der Waals surface area (Å²) in [4.78, 5) is 12.6. The molecule has 1 aliphatic rings. The predicted octanol–water partition coefficient (Wildman–Crippen LogP) is 3.93. The lowest BCUT2D eigenvalue weighted by atomic mass is 9.98. The fraction of sp³-hybridized carbons (Fsp3) is 0.150. The number of anilines is 1. The predicted molar refractivity (Wildman–Crippen MR) is 98.6 cm³/mol. The first kappa shape index (κ1) is 15.8. The van der Waals surface area contributed by atoms with Crippen LogP contribution in [0.5, 0.6) is 0 Å². The number of fused-ring (bicyclic) bond motifs is 2. The fourth-order valence-corrected chi connectivity index (χ4v) is 4.68. The van der Waals surface area contributed by atoms with E-state index in [1.165, 1.54) is 4.31 Å². The minimum absolute atomic E-state index is 0.0175. The molecule has 0 N–H and O–H groups in total. The maximum Gasteiger partial charge on any atom is 0.264 e. The van der Waals surface area contributed by atoms with E-state index < -0.39 is 10.0 Å². The number of carbonyl (C=O) groups excluding carboxylic acids is 1. The normalized spacial score (nSPS) is 14.6. The third kappa shape index (κ3) is 2.61. The van der Waals surface area contributed by atoms with Gasteiger partial charge in [0, 0.05) is 18.5 Å². The van der Waals surface area contributed by atoms with Crippen LogP contribution in [0.25, 0.3) is 10.8 Å². The van der Waals surface area contributed by atoms with Crippen molar-refractivity contribution in [2.75, 3.05) is 10.8 Å². The number of carbonyl (C=O) groups is 1. The van der Waals surface area contributed by atoms with E-state index in [0.717, 1.165) is 16.3 Å². The molecule has 0 radical (unpaired) electrons. The average Bonchev–Trinajstić information content (AvgIpc) is 2.61. The first-order valence-electron chi connectivity index (χ1n) is 8.12. The second-order valence-corrected chi connectivity index (χ2v) is 8.14. The largest absolute Gasteiger partial charge is 0.294 e. The lowest BCUT2D eigenvalue weighted by molar-refractivity contribution is 0.0982. The molecule has 0 bridgehead atoms. The van der Waals surface area contributed by atoms with E-state index in [9.17, 15) is 13.2 Å². The van der Waals surface area contributed by atoms with Gasteiger partial charge in [0.05, 0.1) is 10.6 Å². The van der Waals surface area contributed by atoms with Crippen LogP contribution in [0.4, 0.5) is 5.69 Å². The number of Topliss-reactive ketones (excluding diaryl/α,β-unsaturated/α-hetero) is 1. The minimum Gasteiger partial charge on any atom is -0.294 e. The number of benzene rings is 3. The van der Waals surface area contributed by atoms with Crippen LogP contribution in [0.2, 0.25) is 0 Å². The molecule has 126 valence electrons. The van der Waals surface area contributed by atoms with Gasteiger partial charge in [0.1, 0.15) is 0 Å². The van der Waals surface area contributed by atoms with Crippen molar-refractivity contribution in [1.29, 1.82) is 0 Å². The monoisotopic (exact) mass is 351 g/mol. The Bertz CT molecular complexity index is 1090. The maximum absolute atomic E-state index is 13.1. The number of sulfonamides is 1. The van der Waals surface area contributed by atoms with Gasteiger partial charge in [-0.15, -0.1) is 0 Å². The zero-order valence-corrected chi connectivity index (χ0v) is 14.6. The number of ketones is 1. The van der Waals surface area contributed by atoms with Crippen LogP contribution in [0, 0.1) is 6.92 Å². The summed E-state index contributed by atoms with van der Waals surface area (Å²) in [6.45, 7) is 2.08. The van der Waals surface area contributed by atoms with Gasteiger partial charge >= 0.3 is 0 Å². The van der Waals surface area contributed by atoms with Crippen LogP contribution >= 0.6 is 0 Å². The van der Waals surface area contributed by atoms with E-state index in [-0.39, 0.29) is 23.6 Å². The van der Waals surface area contributed by atoms with Gasteiger partial charge in [-0.1, -0.05) is 42.0 Å². The summed E-state index contributed by atoms with van der Waals surface area (Å²) in [7, 11) is -3.70. The van der Waals surface area contributed by atoms with Gasteiger partial charge < -0.3 is 0 Å². The Morgan fingerprint density at radius 3 is 2.24 bits per heavy atom. The molecule has 5 heteroatoms. The summed E-state index contributed by atoms with van der Waals surface area (Å²) in [5.41, 5.74) is 1.94. The van der Waals surface area contributed by atoms with Crippen molar-refractivity contribution in [2.45, 2.75) is 18.2 Å². The number of rotatable bonds is 2. The van der Waals surface area contributed by atoms with E-state index >= 15 is 0 Å². The highest BCUT2D eigenvalue weighted by atomic mass is 32.2. The first-order chi connectivity index (χ1) is 12.0. The van der Waals surface area contributed by atoms with Crippen molar-refractivity contribution in [3.63, 3.8) is 0 Å². The minimum atomic E-state index is -3.70. The summed E-state index contributed by atoms with van der Waals surface area (Å²) < 4.78 is 27.6. The Hall–Kier alpha value is -2.66. The topological polar surface area (TPSA) is 54.5 Å². The van der Waals surface area contributed by atoms with Crippen molar-refractivity contribution in [3.8, 4) is 0 Å². The van der Waals surface area contributed by atoms with Crippen LogP contribution in [0.15, 0.2) is 65.6 Å². The van der Waals surface area contributed by atoms with Crippen molar-refractivity contribution in [1.82, 2.24) is 0 Å². The molecule has 3 aromatic carbocycles. The van der Waals surface area contributed by atoms with Crippen molar-refractivity contribution in [2.24, 2.45) is 0 Å². The molecule has 4 rings (SSSR count). The van der Waals surface area contributed by atoms with Crippen LogP contribution < -0.4 is 4.31 Å². The Labute approximate surface area is 146 Å². The van der Waals surface area contributed by atoms with Crippen molar-refractivity contribution < 1.29 is 13.2 Å². The molecule has 0 saturated carbocycles. The first-order valence-corrected chi connectivity index (χ1v) is 9.56. The Morgan fingerprint density at radius 1 is 0.920 bits per heavy atom.